The zero-order chi connectivity index (χ0) is 22.8. The van der Waals surface area contributed by atoms with Gasteiger partial charge in [0, 0.05) is 50.7 Å². The number of aryl methyl sites for hydroxylation is 1. The van der Waals surface area contributed by atoms with E-state index in [1.807, 2.05) is 48.0 Å². The molecule has 2 amide bonds. The molecule has 2 heterocycles. The molecular formula is C23H30N6O2S. The molecule has 8 nitrogen and oxygen atoms in total. The lowest BCUT2D eigenvalue weighted by Gasteiger charge is -2.23. The van der Waals surface area contributed by atoms with Gasteiger partial charge in [-0.25, -0.2) is 4.98 Å². The first-order valence-corrected chi connectivity index (χ1v) is 11.9. The summed E-state index contributed by atoms with van der Waals surface area (Å²) in [5, 5.41) is 15.5. The fraction of sp³-hybridized carbons (Fsp3) is 0.478. The Labute approximate surface area is 193 Å². The van der Waals surface area contributed by atoms with Crippen molar-refractivity contribution in [2.24, 2.45) is 5.92 Å². The Bertz CT molecular complexity index is 899. The number of carbonyl (C=O) groups is 2. The Morgan fingerprint density at radius 2 is 2.12 bits per heavy atom. The van der Waals surface area contributed by atoms with Crippen LogP contribution in [0, 0.1) is 17.2 Å². The number of imidazole rings is 1. The highest BCUT2D eigenvalue weighted by molar-refractivity contribution is 8.01. The molecular weight excluding hydrogens is 424 g/mol. The lowest BCUT2D eigenvalue weighted by molar-refractivity contribution is -0.131. The standard InChI is InChI=1S/C23H30N6O2S/c1-2-29-21(32-20(23(29)31)9-11-26-19-7-4-3-5-8-19)15-18(16-24)22(30)27-10-6-13-28-14-12-25-17-28/h3-5,7-8,12,14,17-18,20-21,26H,2,6,9-11,13,15H2,1H3,(H,27,30). The Morgan fingerprint density at radius 1 is 1.31 bits per heavy atom. The van der Waals surface area contributed by atoms with Crippen molar-refractivity contribution < 1.29 is 9.59 Å². The third kappa shape index (κ3) is 6.50. The second kappa shape index (κ2) is 12.2. The van der Waals surface area contributed by atoms with Crippen LogP contribution in [0.3, 0.4) is 0 Å². The Balaban J connectivity index is 1.45. The minimum atomic E-state index is -0.774. The summed E-state index contributed by atoms with van der Waals surface area (Å²) < 4.78 is 1.95. The van der Waals surface area contributed by atoms with Crippen LogP contribution in [0.15, 0.2) is 49.1 Å². The summed E-state index contributed by atoms with van der Waals surface area (Å²) in [6.45, 7) is 4.46. The number of carbonyl (C=O) groups excluding carboxylic acids is 2. The molecule has 1 fully saturated rings. The number of nitrogens with zero attached hydrogens (tertiary/aromatic N) is 4. The molecule has 3 atom stereocenters. The predicted octanol–water partition coefficient (Wildman–Crippen LogP) is 2.71. The highest BCUT2D eigenvalue weighted by atomic mass is 32.2. The zero-order valence-corrected chi connectivity index (χ0v) is 19.1. The van der Waals surface area contributed by atoms with E-state index < -0.39 is 5.92 Å². The van der Waals surface area contributed by atoms with E-state index in [-0.39, 0.29) is 22.4 Å². The van der Waals surface area contributed by atoms with Crippen LogP contribution in [0.4, 0.5) is 5.69 Å². The van der Waals surface area contributed by atoms with Crippen molar-refractivity contribution in [2.45, 2.75) is 43.4 Å². The molecule has 3 unspecified atom stereocenters. The van der Waals surface area contributed by atoms with E-state index in [0.29, 0.717) is 32.5 Å². The Morgan fingerprint density at radius 3 is 2.81 bits per heavy atom. The summed E-state index contributed by atoms with van der Waals surface area (Å²) in [5.74, 6) is -0.949. The predicted molar refractivity (Wildman–Crippen MR) is 126 cm³/mol. The van der Waals surface area contributed by atoms with Crippen LogP contribution in [0.5, 0.6) is 0 Å². The molecule has 0 aliphatic carbocycles. The number of thioether (sulfide) groups is 1. The number of rotatable bonds is 12. The number of nitriles is 1. The summed E-state index contributed by atoms with van der Waals surface area (Å²) in [6.07, 6.45) is 7.13. The van der Waals surface area contributed by atoms with Crippen molar-refractivity contribution in [3.8, 4) is 6.07 Å². The molecule has 0 saturated carbocycles. The second-order valence-electron chi connectivity index (χ2n) is 7.65. The highest BCUT2D eigenvalue weighted by Crippen LogP contribution is 2.36. The van der Waals surface area contributed by atoms with Crippen molar-refractivity contribution in [3.05, 3.63) is 49.1 Å². The average molecular weight is 455 g/mol. The molecule has 0 radical (unpaired) electrons. The fourth-order valence-corrected chi connectivity index (χ4v) is 5.31. The van der Waals surface area contributed by atoms with Crippen LogP contribution in [-0.4, -0.2) is 56.5 Å². The van der Waals surface area contributed by atoms with E-state index in [2.05, 4.69) is 21.7 Å². The number of anilines is 1. The fourth-order valence-electron chi connectivity index (χ4n) is 3.72. The van der Waals surface area contributed by atoms with E-state index in [0.717, 1.165) is 18.7 Å². The molecule has 1 aliphatic rings. The van der Waals surface area contributed by atoms with Gasteiger partial charge in [0.25, 0.3) is 0 Å². The van der Waals surface area contributed by atoms with Crippen LogP contribution < -0.4 is 10.6 Å². The number of aromatic nitrogens is 2. The van der Waals surface area contributed by atoms with Gasteiger partial charge in [0.2, 0.25) is 11.8 Å². The first-order chi connectivity index (χ1) is 15.6. The molecule has 2 aromatic rings. The minimum absolute atomic E-state index is 0.0924. The number of para-hydroxylation sites is 1. The zero-order valence-electron chi connectivity index (χ0n) is 18.3. The van der Waals surface area contributed by atoms with E-state index in [1.54, 1.807) is 29.2 Å². The molecule has 1 aromatic carbocycles. The van der Waals surface area contributed by atoms with E-state index in [4.69, 9.17) is 0 Å². The normalized spacial score (nSPS) is 18.9. The third-order valence-corrected chi connectivity index (χ3v) is 6.97. The number of hydrogen-bond donors (Lipinski definition) is 2. The molecule has 1 aliphatic heterocycles. The number of benzene rings is 1. The highest BCUT2D eigenvalue weighted by Gasteiger charge is 2.40. The van der Waals surface area contributed by atoms with Crippen molar-refractivity contribution >= 4 is 29.3 Å². The van der Waals surface area contributed by atoms with Gasteiger partial charge in [0.15, 0.2) is 0 Å². The van der Waals surface area contributed by atoms with Crippen LogP contribution in [0.2, 0.25) is 0 Å². The Kier molecular flexibility index (Phi) is 8.99. The molecule has 0 spiro atoms. The van der Waals surface area contributed by atoms with E-state index in [9.17, 15) is 14.9 Å². The van der Waals surface area contributed by atoms with Gasteiger partial charge in [0.1, 0.15) is 5.92 Å². The number of amides is 2. The molecule has 32 heavy (non-hydrogen) atoms. The van der Waals surface area contributed by atoms with Crippen LogP contribution >= 0.6 is 11.8 Å². The molecule has 3 rings (SSSR count). The van der Waals surface area contributed by atoms with Gasteiger partial charge < -0.3 is 20.1 Å². The summed E-state index contributed by atoms with van der Waals surface area (Å²) in [7, 11) is 0. The van der Waals surface area contributed by atoms with Crippen LogP contribution in [0.25, 0.3) is 0 Å². The van der Waals surface area contributed by atoms with Crippen LogP contribution in [0.1, 0.15) is 26.2 Å². The summed E-state index contributed by atoms with van der Waals surface area (Å²) in [4.78, 5) is 31.2. The maximum absolute atomic E-state index is 12.8. The number of hydrogen-bond acceptors (Lipinski definition) is 6. The van der Waals surface area contributed by atoms with Crippen molar-refractivity contribution in [1.82, 2.24) is 19.8 Å². The molecule has 170 valence electrons. The molecule has 1 aromatic heterocycles. The number of nitrogens with one attached hydrogen (secondary N) is 2. The summed E-state index contributed by atoms with van der Waals surface area (Å²) in [5.41, 5.74) is 1.03. The van der Waals surface area contributed by atoms with Gasteiger partial charge in [0.05, 0.1) is 23.0 Å². The van der Waals surface area contributed by atoms with E-state index >= 15 is 0 Å². The minimum Gasteiger partial charge on any atom is -0.385 e. The first-order valence-electron chi connectivity index (χ1n) is 11.0. The van der Waals surface area contributed by atoms with Gasteiger partial charge >= 0.3 is 0 Å². The van der Waals surface area contributed by atoms with Gasteiger partial charge in [-0.2, -0.15) is 5.26 Å². The maximum Gasteiger partial charge on any atom is 0.237 e. The first kappa shape index (κ1) is 23.7. The van der Waals surface area contributed by atoms with Crippen molar-refractivity contribution in [2.75, 3.05) is 25.0 Å². The van der Waals surface area contributed by atoms with E-state index in [1.165, 1.54) is 0 Å². The van der Waals surface area contributed by atoms with Crippen LogP contribution in [-0.2, 0) is 16.1 Å². The second-order valence-corrected chi connectivity index (χ2v) is 9.03. The largest absolute Gasteiger partial charge is 0.385 e. The van der Waals surface area contributed by atoms with Gasteiger partial charge in [-0.15, -0.1) is 11.8 Å². The maximum atomic E-state index is 12.8. The van der Waals surface area contributed by atoms with Crippen molar-refractivity contribution in [1.29, 1.82) is 5.26 Å². The monoisotopic (exact) mass is 454 g/mol. The topological polar surface area (TPSA) is 103 Å². The Hall–Kier alpha value is -2.99. The van der Waals surface area contributed by atoms with Gasteiger partial charge in [-0.05, 0) is 31.9 Å². The SMILES string of the molecule is CCN1C(=O)C(CCNc2ccccc2)SC1CC(C#N)C(=O)NCCCn1ccnc1. The molecule has 9 heteroatoms. The van der Waals surface area contributed by atoms with Crippen molar-refractivity contribution in [3.63, 3.8) is 0 Å². The quantitative estimate of drug-likeness (QED) is 0.478. The summed E-state index contributed by atoms with van der Waals surface area (Å²) >= 11 is 1.57. The average Bonchev–Trinajstić information content (AvgIpc) is 3.43. The lowest BCUT2D eigenvalue weighted by Crippen LogP contribution is -2.38. The smallest absolute Gasteiger partial charge is 0.237 e. The van der Waals surface area contributed by atoms with Gasteiger partial charge in [-0.3, -0.25) is 9.59 Å². The summed E-state index contributed by atoms with van der Waals surface area (Å²) in [6, 6.07) is 12.0. The molecule has 1 saturated heterocycles. The molecule has 0 bridgehead atoms. The molecule has 2 N–H and O–H groups in total. The third-order valence-electron chi connectivity index (χ3n) is 5.44. The van der Waals surface area contributed by atoms with Gasteiger partial charge in [-0.1, -0.05) is 18.2 Å². The lowest BCUT2D eigenvalue weighted by atomic mass is 10.1.